The molecule has 13 heavy (non-hydrogen) atoms. The molecule has 0 aliphatic heterocycles. The lowest BCUT2D eigenvalue weighted by molar-refractivity contribution is 0.0804. The lowest BCUT2D eigenvalue weighted by atomic mass is 9.60. The van der Waals surface area contributed by atoms with Gasteiger partial charge in [0.25, 0.3) is 0 Å². The predicted molar refractivity (Wildman–Crippen MR) is 59.7 cm³/mol. The fourth-order valence-corrected chi connectivity index (χ4v) is 2.96. The molecule has 0 spiro atoms. The largest absolute Gasteiger partial charge is 0.0998 e. The Morgan fingerprint density at radius 3 is 2.00 bits per heavy atom. The second-order valence-electron chi connectivity index (χ2n) is 5.32. The first-order chi connectivity index (χ1) is 5.99. The fraction of sp³-hybridized carbons (Fsp3) is 0.846. The van der Waals surface area contributed by atoms with Gasteiger partial charge < -0.3 is 0 Å². The molecular weight excluding hydrogens is 156 g/mol. The molecule has 0 aromatic heterocycles. The summed E-state index contributed by atoms with van der Waals surface area (Å²) >= 11 is 0. The van der Waals surface area contributed by atoms with E-state index in [1.807, 2.05) is 0 Å². The molecule has 0 heterocycles. The van der Waals surface area contributed by atoms with Gasteiger partial charge in [-0.25, -0.2) is 0 Å². The third kappa shape index (κ3) is 1.98. The number of hydrogen-bond donors (Lipinski definition) is 0. The van der Waals surface area contributed by atoms with Crippen LogP contribution in [0.1, 0.15) is 53.4 Å². The summed E-state index contributed by atoms with van der Waals surface area (Å²) in [6, 6.07) is 0. The van der Waals surface area contributed by atoms with E-state index < -0.39 is 0 Å². The molecule has 0 bridgehead atoms. The summed E-state index contributed by atoms with van der Waals surface area (Å²) in [6.07, 6.45) is 5.29. The van der Waals surface area contributed by atoms with E-state index in [1.165, 1.54) is 31.3 Å². The first kappa shape index (κ1) is 10.8. The van der Waals surface area contributed by atoms with Crippen LogP contribution in [0.5, 0.6) is 0 Å². The molecule has 0 heteroatoms. The average Bonchev–Trinajstić information content (AvgIpc) is 2.03. The van der Waals surface area contributed by atoms with Crippen molar-refractivity contribution in [1.82, 2.24) is 0 Å². The van der Waals surface area contributed by atoms with Crippen molar-refractivity contribution in [3.8, 4) is 0 Å². The van der Waals surface area contributed by atoms with E-state index in [9.17, 15) is 0 Å². The van der Waals surface area contributed by atoms with Crippen LogP contribution in [0.25, 0.3) is 0 Å². The van der Waals surface area contributed by atoms with Gasteiger partial charge in [-0.15, -0.1) is 0 Å². The van der Waals surface area contributed by atoms with Crippen LogP contribution in [0.15, 0.2) is 12.2 Å². The van der Waals surface area contributed by atoms with Crippen LogP contribution in [-0.2, 0) is 0 Å². The van der Waals surface area contributed by atoms with Crippen LogP contribution in [-0.4, -0.2) is 0 Å². The standard InChI is InChI=1S/C13H24/c1-10(2)13(11(3)4)8-6-7-12(5)9-13/h10-11H,5-9H2,1-4H3. The Kier molecular flexibility index (Phi) is 3.21. The summed E-state index contributed by atoms with van der Waals surface area (Å²) in [5.41, 5.74) is 2.03. The van der Waals surface area contributed by atoms with E-state index in [1.54, 1.807) is 0 Å². The minimum atomic E-state index is 0.551. The van der Waals surface area contributed by atoms with Crippen LogP contribution in [0.4, 0.5) is 0 Å². The Balaban J connectivity index is 2.83. The molecule has 1 aliphatic carbocycles. The Morgan fingerprint density at radius 2 is 1.69 bits per heavy atom. The minimum absolute atomic E-state index is 0.551. The lowest BCUT2D eigenvalue weighted by Gasteiger charge is -2.45. The zero-order chi connectivity index (χ0) is 10.1. The first-order valence-electron chi connectivity index (χ1n) is 5.65. The van der Waals surface area contributed by atoms with Crippen molar-refractivity contribution in [2.75, 3.05) is 0 Å². The highest BCUT2D eigenvalue weighted by Gasteiger charge is 2.38. The highest BCUT2D eigenvalue weighted by molar-refractivity contribution is 5.06. The van der Waals surface area contributed by atoms with E-state index in [0.717, 1.165) is 11.8 Å². The van der Waals surface area contributed by atoms with E-state index in [2.05, 4.69) is 34.3 Å². The van der Waals surface area contributed by atoms with Gasteiger partial charge in [0.15, 0.2) is 0 Å². The van der Waals surface area contributed by atoms with Crippen LogP contribution in [0.3, 0.4) is 0 Å². The molecule has 0 aromatic rings. The summed E-state index contributed by atoms with van der Waals surface area (Å²) in [5, 5.41) is 0. The molecule has 76 valence electrons. The van der Waals surface area contributed by atoms with Gasteiger partial charge in [0.05, 0.1) is 0 Å². The van der Waals surface area contributed by atoms with Crippen molar-refractivity contribution in [3.05, 3.63) is 12.2 Å². The molecule has 1 saturated carbocycles. The summed E-state index contributed by atoms with van der Waals surface area (Å²) in [6.45, 7) is 13.7. The maximum absolute atomic E-state index is 4.17. The van der Waals surface area contributed by atoms with Crippen LogP contribution in [0, 0.1) is 17.3 Å². The number of hydrogen-bond acceptors (Lipinski definition) is 0. The fourth-order valence-electron chi connectivity index (χ4n) is 2.96. The molecule has 0 amide bonds. The maximum atomic E-state index is 4.17. The van der Waals surface area contributed by atoms with Gasteiger partial charge in [0.1, 0.15) is 0 Å². The third-order valence-electron chi connectivity index (χ3n) is 4.05. The SMILES string of the molecule is C=C1CCCC(C(C)C)(C(C)C)C1. The van der Waals surface area contributed by atoms with Crippen LogP contribution >= 0.6 is 0 Å². The van der Waals surface area contributed by atoms with Gasteiger partial charge in [-0.05, 0) is 42.9 Å². The van der Waals surface area contributed by atoms with Gasteiger partial charge in [0.2, 0.25) is 0 Å². The molecule has 0 unspecified atom stereocenters. The lowest BCUT2D eigenvalue weighted by Crippen LogP contribution is -2.35. The predicted octanol–water partition coefficient (Wildman–Crippen LogP) is 4.42. The van der Waals surface area contributed by atoms with E-state index in [0.29, 0.717) is 5.41 Å². The molecular formula is C13H24. The summed E-state index contributed by atoms with van der Waals surface area (Å²) in [7, 11) is 0. The van der Waals surface area contributed by atoms with E-state index in [-0.39, 0.29) is 0 Å². The normalized spacial score (nSPS) is 22.8. The topological polar surface area (TPSA) is 0 Å². The molecule has 0 atom stereocenters. The number of rotatable bonds is 2. The molecule has 1 aliphatic rings. The van der Waals surface area contributed by atoms with Crippen LogP contribution in [0.2, 0.25) is 0 Å². The van der Waals surface area contributed by atoms with Crippen LogP contribution < -0.4 is 0 Å². The van der Waals surface area contributed by atoms with Crippen molar-refractivity contribution < 1.29 is 0 Å². The Bertz CT molecular complexity index is 178. The maximum Gasteiger partial charge on any atom is -0.0214 e. The van der Waals surface area contributed by atoms with Crippen molar-refractivity contribution in [2.24, 2.45) is 17.3 Å². The molecule has 0 radical (unpaired) electrons. The van der Waals surface area contributed by atoms with Crippen molar-refractivity contribution in [1.29, 1.82) is 0 Å². The van der Waals surface area contributed by atoms with Gasteiger partial charge >= 0.3 is 0 Å². The first-order valence-corrected chi connectivity index (χ1v) is 5.65. The molecule has 1 rings (SSSR count). The number of allylic oxidation sites excluding steroid dienone is 1. The van der Waals surface area contributed by atoms with Crippen molar-refractivity contribution >= 4 is 0 Å². The molecule has 1 fully saturated rings. The Labute approximate surface area is 83.4 Å². The van der Waals surface area contributed by atoms with Gasteiger partial charge in [0, 0.05) is 0 Å². The monoisotopic (exact) mass is 180 g/mol. The smallest absolute Gasteiger partial charge is 0.0214 e. The highest BCUT2D eigenvalue weighted by atomic mass is 14.4. The molecule has 0 aromatic carbocycles. The third-order valence-corrected chi connectivity index (χ3v) is 4.05. The van der Waals surface area contributed by atoms with E-state index >= 15 is 0 Å². The summed E-state index contributed by atoms with van der Waals surface area (Å²) in [5.74, 6) is 1.59. The van der Waals surface area contributed by atoms with Crippen molar-refractivity contribution in [2.45, 2.75) is 53.4 Å². The van der Waals surface area contributed by atoms with Gasteiger partial charge in [-0.3, -0.25) is 0 Å². The second-order valence-corrected chi connectivity index (χ2v) is 5.32. The Hall–Kier alpha value is -0.260. The second kappa shape index (κ2) is 3.86. The van der Waals surface area contributed by atoms with Crippen molar-refractivity contribution in [3.63, 3.8) is 0 Å². The Morgan fingerprint density at radius 1 is 1.15 bits per heavy atom. The summed E-state index contributed by atoms with van der Waals surface area (Å²) in [4.78, 5) is 0. The molecule has 0 N–H and O–H groups in total. The zero-order valence-electron chi connectivity index (χ0n) is 9.69. The molecule has 0 nitrogen and oxygen atoms in total. The summed E-state index contributed by atoms with van der Waals surface area (Å²) < 4.78 is 0. The quantitative estimate of drug-likeness (QED) is 0.552. The van der Waals surface area contributed by atoms with E-state index in [4.69, 9.17) is 0 Å². The zero-order valence-corrected chi connectivity index (χ0v) is 9.69. The molecule has 0 saturated heterocycles. The van der Waals surface area contributed by atoms with Gasteiger partial charge in [-0.2, -0.15) is 0 Å². The van der Waals surface area contributed by atoms with Gasteiger partial charge in [-0.1, -0.05) is 39.8 Å². The minimum Gasteiger partial charge on any atom is -0.0998 e. The highest BCUT2D eigenvalue weighted by Crippen LogP contribution is 2.49. The average molecular weight is 180 g/mol.